The predicted octanol–water partition coefficient (Wildman–Crippen LogP) is 3.38. The number of carbonyl (C=O) groups is 2. The maximum Gasteiger partial charge on any atom is 0.257 e. The van der Waals surface area contributed by atoms with E-state index in [0.717, 1.165) is 11.3 Å². The molecule has 27 heavy (non-hydrogen) atoms. The highest BCUT2D eigenvalue weighted by Crippen LogP contribution is 2.21. The van der Waals surface area contributed by atoms with Gasteiger partial charge in [-0.15, -0.1) is 17.9 Å². The lowest BCUT2D eigenvalue weighted by atomic mass is 10.1. The summed E-state index contributed by atoms with van der Waals surface area (Å²) in [6, 6.07) is 3.58. The van der Waals surface area contributed by atoms with Crippen LogP contribution in [0, 0.1) is 0 Å². The van der Waals surface area contributed by atoms with E-state index in [1.54, 1.807) is 10.6 Å². The van der Waals surface area contributed by atoms with Gasteiger partial charge in [0.1, 0.15) is 11.1 Å². The Morgan fingerprint density at radius 1 is 1.26 bits per heavy atom. The number of thiophene rings is 1. The summed E-state index contributed by atoms with van der Waals surface area (Å²) in [5.74, 6) is -1.06. The van der Waals surface area contributed by atoms with Crippen molar-refractivity contribution in [3.63, 3.8) is 0 Å². The maximum atomic E-state index is 12.7. The summed E-state index contributed by atoms with van der Waals surface area (Å²) in [6.45, 7) is 7.96. The average molecular weight is 408 g/mol. The van der Waals surface area contributed by atoms with E-state index in [-0.39, 0.29) is 30.3 Å². The Labute approximate surface area is 166 Å². The van der Waals surface area contributed by atoms with Crippen molar-refractivity contribution in [1.82, 2.24) is 15.2 Å². The van der Waals surface area contributed by atoms with Gasteiger partial charge < -0.3 is 15.2 Å². The van der Waals surface area contributed by atoms with Crippen molar-refractivity contribution in [2.24, 2.45) is 0 Å². The molecule has 1 atom stereocenters. The summed E-state index contributed by atoms with van der Waals surface area (Å²) in [6.07, 6.45) is 5.29. The van der Waals surface area contributed by atoms with Crippen LogP contribution >= 0.6 is 22.9 Å². The number of nitrogens with zero attached hydrogens (tertiary/aromatic N) is 1. The summed E-state index contributed by atoms with van der Waals surface area (Å²) in [4.78, 5) is 38.5. The molecule has 2 amide bonds. The molecule has 0 aliphatic heterocycles. The Hall–Kier alpha value is -2.38. The highest BCUT2D eigenvalue weighted by atomic mass is 35.5. The standard InChI is InChI=1S/C19H22ClN3O3S/c1-4-8-21-18(25)14-10-23(12(3)5-2)11-15(17(14)24)19(26)22-9-13-6-7-16(20)27-13/h4,6-7,10-12H,1,5,8-9H2,2-3H3,(H,21,25)(H,22,26)/t12-/m0/s1. The lowest BCUT2D eigenvalue weighted by molar-refractivity contribution is 0.0949. The van der Waals surface area contributed by atoms with Crippen LogP contribution in [0.3, 0.4) is 0 Å². The monoisotopic (exact) mass is 407 g/mol. The van der Waals surface area contributed by atoms with Gasteiger partial charge in [0.25, 0.3) is 11.8 Å². The number of nitrogens with one attached hydrogen (secondary N) is 2. The zero-order valence-electron chi connectivity index (χ0n) is 15.3. The summed E-state index contributed by atoms with van der Waals surface area (Å²) in [5, 5.41) is 5.30. The molecular formula is C19H22ClN3O3S. The van der Waals surface area contributed by atoms with E-state index in [1.807, 2.05) is 19.9 Å². The average Bonchev–Trinajstić information content (AvgIpc) is 3.08. The van der Waals surface area contributed by atoms with Gasteiger partial charge in [-0.1, -0.05) is 24.6 Å². The minimum atomic E-state index is -0.599. The van der Waals surface area contributed by atoms with Gasteiger partial charge in [-0.3, -0.25) is 14.4 Å². The maximum absolute atomic E-state index is 12.7. The van der Waals surface area contributed by atoms with Crippen LogP contribution in [0.4, 0.5) is 0 Å². The van der Waals surface area contributed by atoms with Gasteiger partial charge in [-0.05, 0) is 25.5 Å². The fourth-order valence-electron chi connectivity index (χ4n) is 2.36. The first-order valence-electron chi connectivity index (χ1n) is 8.54. The van der Waals surface area contributed by atoms with Crippen molar-refractivity contribution in [2.75, 3.05) is 6.54 Å². The van der Waals surface area contributed by atoms with Crippen molar-refractivity contribution in [2.45, 2.75) is 32.9 Å². The Morgan fingerprint density at radius 3 is 2.41 bits per heavy atom. The predicted molar refractivity (Wildman–Crippen MR) is 109 cm³/mol. The van der Waals surface area contributed by atoms with Gasteiger partial charge >= 0.3 is 0 Å². The van der Waals surface area contributed by atoms with Crippen LogP contribution in [0.15, 0.2) is 42.0 Å². The number of amides is 2. The van der Waals surface area contributed by atoms with Gasteiger partial charge in [-0.2, -0.15) is 0 Å². The number of pyridine rings is 1. The van der Waals surface area contributed by atoms with E-state index in [4.69, 9.17) is 11.6 Å². The fraction of sp³-hybridized carbons (Fsp3) is 0.316. The molecule has 2 N–H and O–H groups in total. The number of hydrogen-bond acceptors (Lipinski definition) is 4. The first-order chi connectivity index (χ1) is 12.9. The molecule has 2 aromatic rings. The molecule has 0 aliphatic carbocycles. The lowest BCUT2D eigenvalue weighted by Crippen LogP contribution is -2.35. The SMILES string of the molecule is C=CCNC(=O)c1cn([C@@H](C)CC)cc(C(=O)NCc2ccc(Cl)s2)c1=O. The zero-order chi connectivity index (χ0) is 20.0. The van der Waals surface area contributed by atoms with Gasteiger partial charge in [-0.25, -0.2) is 0 Å². The summed E-state index contributed by atoms with van der Waals surface area (Å²) in [5.41, 5.74) is -0.731. The number of aromatic nitrogens is 1. The molecule has 6 nitrogen and oxygen atoms in total. The van der Waals surface area contributed by atoms with E-state index in [0.29, 0.717) is 4.34 Å². The smallest absolute Gasteiger partial charge is 0.257 e. The topological polar surface area (TPSA) is 80.2 Å². The molecule has 0 unspecified atom stereocenters. The summed E-state index contributed by atoms with van der Waals surface area (Å²) >= 11 is 7.24. The van der Waals surface area contributed by atoms with E-state index < -0.39 is 17.2 Å². The Morgan fingerprint density at radius 2 is 1.89 bits per heavy atom. The molecule has 2 aromatic heterocycles. The van der Waals surface area contributed by atoms with Gasteiger partial charge in [0.15, 0.2) is 0 Å². The first kappa shape index (κ1) is 20.9. The second-order valence-corrected chi connectivity index (χ2v) is 7.81. The molecule has 0 bridgehead atoms. The largest absolute Gasteiger partial charge is 0.350 e. The van der Waals surface area contributed by atoms with E-state index in [9.17, 15) is 14.4 Å². The molecule has 0 aliphatic rings. The van der Waals surface area contributed by atoms with Crippen LogP contribution in [0.5, 0.6) is 0 Å². The van der Waals surface area contributed by atoms with Gasteiger partial charge in [0.05, 0.1) is 10.9 Å². The molecule has 2 rings (SSSR count). The van der Waals surface area contributed by atoms with Crippen LogP contribution in [0.2, 0.25) is 4.34 Å². The highest BCUT2D eigenvalue weighted by molar-refractivity contribution is 7.16. The van der Waals surface area contributed by atoms with Crippen molar-refractivity contribution in [3.8, 4) is 0 Å². The van der Waals surface area contributed by atoms with Crippen molar-refractivity contribution >= 4 is 34.8 Å². The van der Waals surface area contributed by atoms with Gasteiger partial charge in [0.2, 0.25) is 5.43 Å². The molecule has 0 fully saturated rings. The number of halogens is 1. The fourth-order valence-corrected chi connectivity index (χ4v) is 3.38. The molecule has 0 spiro atoms. The van der Waals surface area contributed by atoms with Crippen LogP contribution in [-0.4, -0.2) is 22.9 Å². The molecule has 0 saturated carbocycles. The van der Waals surface area contributed by atoms with Crippen LogP contribution < -0.4 is 16.1 Å². The first-order valence-corrected chi connectivity index (χ1v) is 9.74. The highest BCUT2D eigenvalue weighted by Gasteiger charge is 2.20. The van der Waals surface area contributed by atoms with Crippen molar-refractivity contribution in [3.05, 3.63) is 67.7 Å². The third kappa shape index (κ3) is 5.30. The van der Waals surface area contributed by atoms with Crippen molar-refractivity contribution < 1.29 is 9.59 Å². The van der Waals surface area contributed by atoms with E-state index >= 15 is 0 Å². The van der Waals surface area contributed by atoms with Crippen LogP contribution in [0.1, 0.15) is 51.9 Å². The second-order valence-electron chi connectivity index (χ2n) is 6.01. The molecule has 0 saturated heterocycles. The summed E-state index contributed by atoms with van der Waals surface area (Å²) in [7, 11) is 0. The Kier molecular flexibility index (Phi) is 7.38. The quantitative estimate of drug-likeness (QED) is 0.658. The van der Waals surface area contributed by atoms with Crippen molar-refractivity contribution in [1.29, 1.82) is 0 Å². The Balaban J connectivity index is 2.34. The number of hydrogen-bond donors (Lipinski definition) is 2. The third-order valence-corrected chi connectivity index (χ3v) is 5.32. The zero-order valence-corrected chi connectivity index (χ0v) is 16.8. The summed E-state index contributed by atoms with van der Waals surface area (Å²) < 4.78 is 2.35. The van der Waals surface area contributed by atoms with Gasteiger partial charge in [0, 0.05) is 29.9 Å². The molecule has 0 radical (unpaired) electrons. The van der Waals surface area contributed by atoms with Crippen LogP contribution in [0.25, 0.3) is 0 Å². The normalized spacial score (nSPS) is 11.7. The molecule has 0 aromatic carbocycles. The number of carbonyl (C=O) groups excluding carboxylic acids is 2. The minimum Gasteiger partial charge on any atom is -0.350 e. The molecule has 144 valence electrons. The van der Waals surface area contributed by atoms with E-state index in [2.05, 4.69) is 17.2 Å². The molecular weight excluding hydrogens is 386 g/mol. The lowest BCUT2D eigenvalue weighted by Gasteiger charge is -2.17. The molecule has 8 heteroatoms. The molecule has 2 heterocycles. The van der Waals surface area contributed by atoms with E-state index in [1.165, 1.54) is 29.8 Å². The minimum absolute atomic E-state index is 0.0270. The Bertz CT molecular complexity index is 904. The second kappa shape index (κ2) is 9.53. The van der Waals surface area contributed by atoms with Crippen LogP contribution in [-0.2, 0) is 6.54 Å². The number of rotatable bonds is 8. The third-order valence-electron chi connectivity index (χ3n) is 4.09.